The standard InChI is InChI=1S/C14H17ClN4O2/c1-14(2,3)21-13(20)18-19-9-16-17-12(19)8-10-4-6-11(15)7-5-10/h4-7,9H,8H2,1-3H3,(H,18,20). The van der Waals surface area contributed by atoms with Crippen molar-refractivity contribution in [1.29, 1.82) is 0 Å². The van der Waals surface area contributed by atoms with Crippen LogP contribution in [0.2, 0.25) is 5.02 Å². The Morgan fingerprint density at radius 1 is 1.33 bits per heavy atom. The van der Waals surface area contributed by atoms with Crippen LogP contribution >= 0.6 is 11.6 Å². The highest BCUT2D eigenvalue weighted by Crippen LogP contribution is 2.12. The van der Waals surface area contributed by atoms with Crippen molar-refractivity contribution < 1.29 is 9.53 Å². The summed E-state index contributed by atoms with van der Waals surface area (Å²) in [6.07, 6.45) is 1.39. The van der Waals surface area contributed by atoms with Crippen molar-refractivity contribution in [2.45, 2.75) is 32.8 Å². The third kappa shape index (κ3) is 4.75. The second kappa shape index (κ2) is 6.13. The van der Waals surface area contributed by atoms with Crippen LogP contribution < -0.4 is 5.43 Å². The lowest BCUT2D eigenvalue weighted by Gasteiger charge is -2.20. The van der Waals surface area contributed by atoms with Gasteiger partial charge in [-0.2, -0.15) is 0 Å². The number of carbonyl (C=O) groups is 1. The first kappa shape index (κ1) is 15.3. The maximum atomic E-state index is 11.7. The molecular formula is C14H17ClN4O2. The van der Waals surface area contributed by atoms with Crippen molar-refractivity contribution >= 4 is 17.7 Å². The molecule has 112 valence electrons. The first-order valence-electron chi connectivity index (χ1n) is 6.47. The van der Waals surface area contributed by atoms with E-state index in [2.05, 4.69) is 15.6 Å². The number of nitrogens with one attached hydrogen (secondary N) is 1. The number of ether oxygens (including phenoxy) is 1. The topological polar surface area (TPSA) is 69.0 Å². The number of nitrogens with zero attached hydrogens (tertiary/aromatic N) is 3. The number of rotatable bonds is 3. The van der Waals surface area contributed by atoms with Crippen LogP contribution in [0.5, 0.6) is 0 Å². The maximum Gasteiger partial charge on any atom is 0.427 e. The molecule has 7 heteroatoms. The van der Waals surface area contributed by atoms with Crippen LogP contribution in [0.25, 0.3) is 0 Å². The molecule has 0 atom stereocenters. The third-order valence-corrected chi connectivity index (χ3v) is 2.76. The molecule has 1 aromatic carbocycles. The van der Waals surface area contributed by atoms with E-state index in [-0.39, 0.29) is 0 Å². The maximum absolute atomic E-state index is 11.7. The predicted octanol–water partition coefficient (Wildman–Crippen LogP) is 3.00. The first-order valence-corrected chi connectivity index (χ1v) is 6.85. The molecule has 0 spiro atoms. The lowest BCUT2D eigenvalue weighted by Crippen LogP contribution is -2.32. The SMILES string of the molecule is CC(C)(C)OC(=O)Nn1cnnc1Cc1ccc(Cl)cc1. The van der Waals surface area contributed by atoms with Crippen LogP contribution in [0.1, 0.15) is 32.2 Å². The molecule has 21 heavy (non-hydrogen) atoms. The molecule has 0 aliphatic rings. The fourth-order valence-electron chi connectivity index (χ4n) is 1.66. The first-order chi connectivity index (χ1) is 9.83. The fourth-order valence-corrected chi connectivity index (χ4v) is 1.78. The van der Waals surface area contributed by atoms with Gasteiger partial charge in [0.1, 0.15) is 11.9 Å². The minimum atomic E-state index is -0.561. The average molecular weight is 309 g/mol. The zero-order valence-corrected chi connectivity index (χ0v) is 12.9. The molecule has 0 aliphatic heterocycles. The van der Waals surface area contributed by atoms with Gasteiger partial charge in [0.05, 0.1) is 0 Å². The molecular weight excluding hydrogens is 292 g/mol. The Morgan fingerprint density at radius 3 is 2.62 bits per heavy atom. The summed E-state index contributed by atoms with van der Waals surface area (Å²) in [6, 6.07) is 7.40. The summed E-state index contributed by atoms with van der Waals surface area (Å²) >= 11 is 5.85. The Hall–Kier alpha value is -2.08. The number of hydrogen-bond acceptors (Lipinski definition) is 4. The number of carbonyl (C=O) groups excluding carboxylic acids is 1. The van der Waals surface area contributed by atoms with Crippen molar-refractivity contribution in [2.75, 3.05) is 5.43 Å². The minimum absolute atomic E-state index is 0.521. The summed E-state index contributed by atoms with van der Waals surface area (Å²) in [4.78, 5) is 11.7. The van der Waals surface area contributed by atoms with E-state index in [9.17, 15) is 4.79 Å². The van der Waals surface area contributed by atoms with Crippen molar-refractivity contribution in [3.63, 3.8) is 0 Å². The summed E-state index contributed by atoms with van der Waals surface area (Å²) in [5.41, 5.74) is 3.04. The van der Waals surface area contributed by atoms with Crippen LogP contribution in [0.4, 0.5) is 4.79 Å². The van der Waals surface area contributed by atoms with Gasteiger partial charge in [0, 0.05) is 11.4 Å². The van der Waals surface area contributed by atoms with Gasteiger partial charge >= 0.3 is 6.09 Å². The minimum Gasteiger partial charge on any atom is -0.443 e. The lowest BCUT2D eigenvalue weighted by atomic mass is 10.1. The van der Waals surface area contributed by atoms with Gasteiger partial charge in [-0.05, 0) is 38.5 Å². The van der Waals surface area contributed by atoms with Crippen LogP contribution in [-0.2, 0) is 11.2 Å². The molecule has 0 saturated carbocycles. The summed E-state index contributed by atoms with van der Waals surface area (Å²) in [5, 5.41) is 8.47. The molecule has 1 aromatic heterocycles. The molecule has 0 aliphatic carbocycles. The second-order valence-electron chi connectivity index (χ2n) is 5.53. The van der Waals surface area contributed by atoms with Crippen LogP contribution in [0.3, 0.4) is 0 Å². The Bertz CT molecular complexity index is 617. The molecule has 1 amide bonds. The van der Waals surface area contributed by atoms with Gasteiger partial charge in [-0.1, -0.05) is 23.7 Å². The Balaban J connectivity index is 2.05. The molecule has 2 rings (SSSR count). The Kier molecular flexibility index (Phi) is 4.47. The molecule has 0 unspecified atom stereocenters. The highest BCUT2D eigenvalue weighted by molar-refractivity contribution is 6.30. The molecule has 1 heterocycles. The summed E-state index contributed by atoms with van der Waals surface area (Å²) in [5.74, 6) is 0.600. The summed E-state index contributed by atoms with van der Waals surface area (Å²) in [7, 11) is 0. The van der Waals surface area contributed by atoms with Gasteiger partial charge in [0.2, 0.25) is 0 Å². The average Bonchev–Trinajstić information content (AvgIpc) is 2.77. The molecule has 6 nitrogen and oxygen atoms in total. The van der Waals surface area contributed by atoms with E-state index in [4.69, 9.17) is 16.3 Å². The van der Waals surface area contributed by atoms with E-state index in [1.165, 1.54) is 11.0 Å². The van der Waals surface area contributed by atoms with Gasteiger partial charge in [-0.3, -0.25) is 0 Å². The van der Waals surface area contributed by atoms with E-state index in [1.807, 2.05) is 12.1 Å². The van der Waals surface area contributed by atoms with Crippen molar-refractivity contribution in [3.05, 3.63) is 47.0 Å². The predicted molar refractivity (Wildman–Crippen MR) is 79.9 cm³/mol. The number of hydrogen-bond donors (Lipinski definition) is 1. The highest BCUT2D eigenvalue weighted by Gasteiger charge is 2.17. The number of halogens is 1. The van der Waals surface area contributed by atoms with E-state index in [1.54, 1.807) is 32.9 Å². The monoisotopic (exact) mass is 308 g/mol. The van der Waals surface area contributed by atoms with Crippen molar-refractivity contribution in [2.24, 2.45) is 0 Å². The largest absolute Gasteiger partial charge is 0.443 e. The van der Waals surface area contributed by atoms with Gasteiger partial charge in [0.25, 0.3) is 0 Å². The van der Waals surface area contributed by atoms with Crippen molar-refractivity contribution in [3.8, 4) is 0 Å². The fraction of sp³-hybridized carbons (Fsp3) is 0.357. The lowest BCUT2D eigenvalue weighted by molar-refractivity contribution is 0.0612. The molecule has 0 bridgehead atoms. The molecule has 1 N–H and O–H groups in total. The van der Waals surface area contributed by atoms with E-state index < -0.39 is 11.7 Å². The quantitative estimate of drug-likeness (QED) is 0.946. The summed E-state index contributed by atoms with van der Waals surface area (Å²) in [6.45, 7) is 5.40. The molecule has 2 aromatic rings. The highest BCUT2D eigenvalue weighted by atomic mass is 35.5. The normalized spacial score (nSPS) is 11.2. The molecule has 0 saturated heterocycles. The zero-order valence-electron chi connectivity index (χ0n) is 12.1. The second-order valence-corrected chi connectivity index (χ2v) is 5.97. The number of amides is 1. The van der Waals surface area contributed by atoms with E-state index in [0.717, 1.165) is 5.56 Å². The molecule has 0 fully saturated rings. The zero-order chi connectivity index (χ0) is 15.5. The Labute approximate surface area is 128 Å². The smallest absolute Gasteiger partial charge is 0.427 e. The molecule has 0 radical (unpaired) electrons. The third-order valence-electron chi connectivity index (χ3n) is 2.50. The van der Waals surface area contributed by atoms with E-state index >= 15 is 0 Å². The number of benzene rings is 1. The van der Waals surface area contributed by atoms with Gasteiger partial charge in [-0.15, -0.1) is 10.2 Å². The van der Waals surface area contributed by atoms with Crippen LogP contribution in [-0.4, -0.2) is 26.6 Å². The van der Waals surface area contributed by atoms with Gasteiger partial charge in [-0.25, -0.2) is 14.9 Å². The number of aromatic nitrogens is 3. The van der Waals surface area contributed by atoms with E-state index in [0.29, 0.717) is 17.3 Å². The van der Waals surface area contributed by atoms with Gasteiger partial charge in [0.15, 0.2) is 5.82 Å². The van der Waals surface area contributed by atoms with Crippen LogP contribution in [0.15, 0.2) is 30.6 Å². The summed E-state index contributed by atoms with van der Waals surface area (Å²) < 4.78 is 6.64. The van der Waals surface area contributed by atoms with Gasteiger partial charge < -0.3 is 4.74 Å². The van der Waals surface area contributed by atoms with Crippen LogP contribution in [0, 0.1) is 0 Å². The Morgan fingerprint density at radius 2 is 2.00 bits per heavy atom. The van der Waals surface area contributed by atoms with Crippen molar-refractivity contribution in [1.82, 2.24) is 14.9 Å².